The van der Waals surface area contributed by atoms with Crippen LogP contribution in [0.5, 0.6) is 0 Å². The Morgan fingerprint density at radius 2 is 1.00 bits per heavy atom. The average molecular weight is 984 g/mol. The van der Waals surface area contributed by atoms with Gasteiger partial charge < -0.3 is 13.7 Å². The molecule has 4 heteroatoms. The van der Waals surface area contributed by atoms with Crippen molar-refractivity contribution in [3.8, 4) is 28.2 Å². The molecule has 4 aliphatic rings. The molecular weight excluding hydrogens is 918 g/mol. The van der Waals surface area contributed by atoms with Gasteiger partial charge in [-0.15, -0.1) is 0 Å². The first kappa shape index (κ1) is 45.8. The van der Waals surface area contributed by atoms with Crippen molar-refractivity contribution < 1.29 is 0 Å². The smallest absolute Gasteiger partial charge is 0.248 e. The normalized spacial score (nSPS) is 14.9. The van der Waals surface area contributed by atoms with Crippen LogP contribution in [0.15, 0.2) is 151 Å². The van der Waals surface area contributed by atoms with Crippen molar-refractivity contribution >= 4 is 95.3 Å². The number of para-hydroxylation sites is 4. The third-order valence-electron chi connectivity index (χ3n) is 18.2. The van der Waals surface area contributed by atoms with Crippen LogP contribution in [0, 0.1) is 5.41 Å². The lowest BCUT2D eigenvalue weighted by Gasteiger charge is -2.33. The molecule has 0 atom stereocenters. The second-order valence-electron chi connectivity index (χ2n) is 26.9. The molecule has 0 radical (unpaired) electrons. The van der Waals surface area contributed by atoms with Crippen molar-refractivity contribution in [2.45, 2.75) is 112 Å². The highest BCUT2D eigenvalue weighted by Gasteiger charge is 2.44. The molecule has 0 unspecified atom stereocenters. The summed E-state index contributed by atoms with van der Waals surface area (Å²) in [6.07, 6.45) is 7.27. The van der Waals surface area contributed by atoms with E-state index >= 15 is 0 Å². The first-order chi connectivity index (χ1) is 36.2. The summed E-state index contributed by atoms with van der Waals surface area (Å²) in [6, 6.07) is 56.9. The minimum absolute atomic E-state index is 0.00807. The molecule has 372 valence electrons. The fraction of sp³-hybridized carbons (Fsp3) is 0.250. The Kier molecular flexibility index (Phi) is 9.10. The molecule has 15 rings (SSSR count). The van der Waals surface area contributed by atoms with Gasteiger partial charge in [0.2, 0.25) is 6.71 Å². The predicted octanol–water partition coefficient (Wildman–Crippen LogP) is 16.8. The Morgan fingerprint density at radius 3 is 1.66 bits per heavy atom. The van der Waals surface area contributed by atoms with Gasteiger partial charge in [-0.1, -0.05) is 197 Å². The largest absolute Gasteiger partial charge is 0.314 e. The zero-order valence-electron chi connectivity index (χ0n) is 46.3. The second-order valence-corrected chi connectivity index (χ2v) is 26.9. The zero-order chi connectivity index (χ0) is 52.3. The van der Waals surface area contributed by atoms with Crippen molar-refractivity contribution in [3.05, 3.63) is 196 Å². The summed E-state index contributed by atoms with van der Waals surface area (Å²) in [6.45, 7) is 28.7. The predicted molar refractivity (Wildman–Crippen MR) is 327 cm³/mol. The third kappa shape index (κ3) is 6.25. The highest BCUT2D eigenvalue weighted by molar-refractivity contribution is 6.99. The Hall–Kier alpha value is -7.56. The van der Waals surface area contributed by atoms with E-state index in [4.69, 9.17) is 0 Å². The molecule has 8 aromatic carbocycles. The zero-order valence-corrected chi connectivity index (χ0v) is 46.3. The summed E-state index contributed by atoms with van der Waals surface area (Å²) in [4.78, 5) is 0. The molecule has 0 spiro atoms. The molecule has 0 fully saturated rings. The van der Waals surface area contributed by atoms with E-state index in [1.165, 1.54) is 155 Å². The van der Waals surface area contributed by atoms with Crippen LogP contribution in [0.1, 0.15) is 134 Å². The first-order valence-corrected chi connectivity index (χ1v) is 27.9. The van der Waals surface area contributed by atoms with Crippen LogP contribution in [0.3, 0.4) is 0 Å². The number of allylic oxidation sites excluding steroid dienone is 1. The summed E-state index contributed by atoms with van der Waals surface area (Å²) in [7, 11) is 0. The second kappa shape index (κ2) is 15.1. The molecule has 2 aliphatic heterocycles. The number of hydrogen-bond donors (Lipinski definition) is 0. The van der Waals surface area contributed by atoms with Crippen molar-refractivity contribution in [1.82, 2.24) is 13.7 Å². The third-order valence-corrected chi connectivity index (χ3v) is 18.2. The Bertz CT molecular complexity index is 4430. The van der Waals surface area contributed by atoms with E-state index in [1.54, 1.807) is 0 Å². The minimum atomic E-state index is -0.0725. The van der Waals surface area contributed by atoms with Gasteiger partial charge in [-0.25, -0.2) is 0 Å². The van der Waals surface area contributed by atoms with E-state index in [1.807, 2.05) is 0 Å². The maximum Gasteiger partial charge on any atom is 0.248 e. The van der Waals surface area contributed by atoms with Gasteiger partial charge in [0, 0.05) is 55.1 Å². The molecule has 0 saturated carbocycles. The topological polar surface area (TPSA) is 14.8 Å². The van der Waals surface area contributed by atoms with E-state index in [9.17, 15) is 0 Å². The molecule has 5 heterocycles. The highest BCUT2D eigenvalue weighted by atomic mass is 15.1. The van der Waals surface area contributed by atoms with Crippen molar-refractivity contribution in [2.24, 2.45) is 5.41 Å². The monoisotopic (exact) mass is 984 g/mol. The van der Waals surface area contributed by atoms with Crippen LogP contribution >= 0.6 is 0 Å². The molecular formula is C72H66BN3. The number of benzene rings is 8. The lowest BCUT2D eigenvalue weighted by Crippen LogP contribution is -2.58. The van der Waals surface area contributed by atoms with Crippen molar-refractivity contribution in [3.63, 3.8) is 0 Å². The SMILES string of the molecule is CC(C)(C)C1=Cc2c(n3c4c(cc(C(C)(C)C)cc24)B2c4cc(C(C)(C)C)cc5c4C(=Cc4cc(-n6c7ccccc7c7cccc(-n8c9ccccc9c9ccccc98)c76)cc-3c42)c2ccc(C(C)(C)C)cc2-5)CC1. The van der Waals surface area contributed by atoms with E-state index < -0.39 is 0 Å². The number of nitrogens with zero attached hydrogens (tertiary/aromatic N) is 3. The molecule has 2 aliphatic carbocycles. The molecule has 3 nitrogen and oxygen atoms in total. The van der Waals surface area contributed by atoms with Crippen molar-refractivity contribution in [1.29, 1.82) is 0 Å². The maximum absolute atomic E-state index is 2.77. The van der Waals surface area contributed by atoms with E-state index in [2.05, 4.69) is 255 Å². The lowest BCUT2D eigenvalue weighted by atomic mass is 9.34. The quantitative estimate of drug-likeness (QED) is 0.153. The Labute approximate surface area is 448 Å². The van der Waals surface area contributed by atoms with Crippen LogP contribution in [-0.4, -0.2) is 20.4 Å². The van der Waals surface area contributed by atoms with Gasteiger partial charge in [0.05, 0.1) is 27.8 Å². The summed E-state index contributed by atoms with van der Waals surface area (Å²) in [5.41, 5.74) is 30.8. The van der Waals surface area contributed by atoms with Gasteiger partial charge in [0.15, 0.2) is 0 Å². The van der Waals surface area contributed by atoms with Crippen LogP contribution in [0.25, 0.3) is 100 Å². The standard InChI is InChI=1S/C72H66BN3/c1-69(2,3)42-28-30-47-52(34-42)55-36-44(71(7,8)9)38-57-65(55)54(47)33-41-32-46(40-64-66(41)73(57)58-39-45(72(10,11)12)37-56-53-35-43(70(4,5)6)29-31-62(53)76(64)67(56)58)74-59-24-16-15-22-50(59)51-23-19-27-63(68(51)74)75-60-25-17-13-20-48(60)49-21-14-18-26-61(49)75/h13-28,30,32-40H,29,31H2,1-12H3. The van der Waals surface area contributed by atoms with Gasteiger partial charge in [-0.05, 0) is 150 Å². The molecule has 0 bridgehead atoms. The fourth-order valence-electron chi connectivity index (χ4n) is 14.2. The van der Waals surface area contributed by atoms with E-state index in [0.29, 0.717) is 0 Å². The molecule has 0 saturated heterocycles. The summed E-state index contributed by atoms with van der Waals surface area (Å²) < 4.78 is 7.91. The van der Waals surface area contributed by atoms with Gasteiger partial charge in [-0.2, -0.15) is 0 Å². The van der Waals surface area contributed by atoms with Gasteiger partial charge in [0.25, 0.3) is 0 Å². The summed E-state index contributed by atoms with van der Waals surface area (Å²) >= 11 is 0. The maximum atomic E-state index is 2.77. The number of hydrogen-bond acceptors (Lipinski definition) is 0. The van der Waals surface area contributed by atoms with E-state index in [-0.39, 0.29) is 28.4 Å². The molecule has 76 heavy (non-hydrogen) atoms. The van der Waals surface area contributed by atoms with Crippen LogP contribution < -0.4 is 16.4 Å². The lowest BCUT2D eigenvalue weighted by molar-refractivity contribution is 0.483. The molecule has 0 N–H and O–H groups in total. The van der Waals surface area contributed by atoms with Gasteiger partial charge in [-0.3, -0.25) is 0 Å². The molecule has 11 aromatic rings. The summed E-state index contributed by atoms with van der Waals surface area (Å²) in [5.74, 6) is 0. The summed E-state index contributed by atoms with van der Waals surface area (Å²) in [5, 5.41) is 6.43. The highest BCUT2D eigenvalue weighted by Crippen LogP contribution is 2.51. The van der Waals surface area contributed by atoms with Crippen LogP contribution in [0.2, 0.25) is 0 Å². The fourth-order valence-corrected chi connectivity index (χ4v) is 14.2. The number of rotatable bonds is 2. The van der Waals surface area contributed by atoms with Gasteiger partial charge >= 0.3 is 0 Å². The first-order valence-electron chi connectivity index (χ1n) is 27.9. The average Bonchev–Trinajstić information content (AvgIpc) is 4.29. The Balaban J connectivity index is 1.13. The minimum Gasteiger partial charge on any atom is -0.314 e. The van der Waals surface area contributed by atoms with Crippen LogP contribution in [-0.2, 0) is 22.7 Å². The molecule has 0 amide bonds. The molecule has 3 aromatic heterocycles. The van der Waals surface area contributed by atoms with E-state index in [0.717, 1.165) is 12.8 Å². The number of aromatic nitrogens is 3. The van der Waals surface area contributed by atoms with Crippen LogP contribution in [0.4, 0.5) is 0 Å². The number of fused-ring (bicyclic) bond motifs is 15. The van der Waals surface area contributed by atoms with Crippen molar-refractivity contribution in [2.75, 3.05) is 0 Å². The van der Waals surface area contributed by atoms with Gasteiger partial charge in [0.1, 0.15) is 0 Å². The Morgan fingerprint density at radius 1 is 0.408 bits per heavy atom.